The van der Waals surface area contributed by atoms with E-state index in [-0.39, 0.29) is 24.4 Å². The van der Waals surface area contributed by atoms with E-state index in [2.05, 4.69) is 5.10 Å². The van der Waals surface area contributed by atoms with E-state index in [1.165, 1.54) is 0 Å². The number of carbonyl (C=O) groups excluding carboxylic acids is 2. The fourth-order valence-corrected chi connectivity index (χ4v) is 3.17. The van der Waals surface area contributed by atoms with Crippen molar-refractivity contribution in [3.8, 4) is 0 Å². The van der Waals surface area contributed by atoms with E-state index in [1.807, 2.05) is 25.1 Å². The highest BCUT2D eigenvalue weighted by Gasteiger charge is 2.32. The molecular formula is C17H19ClN4O2. The first-order chi connectivity index (χ1) is 11.6. The summed E-state index contributed by atoms with van der Waals surface area (Å²) in [6.07, 6.45) is 4.05. The Morgan fingerprint density at radius 2 is 2.08 bits per heavy atom. The number of hydrogen-bond donors (Lipinski definition) is 0. The van der Waals surface area contributed by atoms with Crippen molar-refractivity contribution in [1.82, 2.24) is 14.7 Å². The van der Waals surface area contributed by atoms with Crippen molar-refractivity contribution in [2.24, 2.45) is 0 Å². The standard InChI is InChI=1S/C17H19ClN4O2/c1-2-14(22-9-5-8-19-22)17(24)20-10-11-21(16(23)12-20)15-7-4-3-6-13(15)18/h3-9,14H,2,10-12H2,1H3/t14-/m1/s1. The predicted octanol–water partition coefficient (Wildman–Crippen LogP) is 2.36. The Balaban J connectivity index is 1.72. The van der Waals surface area contributed by atoms with Gasteiger partial charge >= 0.3 is 0 Å². The van der Waals surface area contributed by atoms with Crippen LogP contribution in [0.15, 0.2) is 42.7 Å². The Morgan fingerprint density at radius 1 is 1.29 bits per heavy atom. The number of hydrogen-bond acceptors (Lipinski definition) is 3. The molecule has 7 heteroatoms. The number of carbonyl (C=O) groups is 2. The fourth-order valence-electron chi connectivity index (χ4n) is 2.94. The molecule has 0 N–H and O–H groups in total. The maximum atomic E-state index is 12.8. The van der Waals surface area contributed by atoms with Crippen molar-refractivity contribution in [2.75, 3.05) is 24.5 Å². The molecule has 1 aromatic carbocycles. The number of para-hydroxylation sites is 1. The summed E-state index contributed by atoms with van der Waals surface area (Å²) in [5.74, 6) is -0.202. The van der Waals surface area contributed by atoms with Crippen LogP contribution in [-0.2, 0) is 9.59 Å². The molecule has 2 heterocycles. The molecule has 0 aliphatic carbocycles. The largest absolute Gasteiger partial charge is 0.330 e. The minimum atomic E-state index is -0.375. The first kappa shape index (κ1) is 16.5. The van der Waals surface area contributed by atoms with Crippen LogP contribution in [0.4, 0.5) is 5.69 Å². The van der Waals surface area contributed by atoms with Gasteiger partial charge in [0.2, 0.25) is 11.8 Å². The summed E-state index contributed by atoms with van der Waals surface area (Å²) < 4.78 is 1.65. The SMILES string of the molecule is CC[C@H](C(=O)N1CCN(c2ccccc2Cl)C(=O)C1)n1cccn1. The summed E-state index contributed by atoms with van der Waals surface area (Å²) in [5, 5.41) is 4.69. The molecule has 1 fully saturated rings. The van der Waals surface area contributed by atoms with Crippen LogP contribution in [0, 0.1) is 0 Å². The summed E-state index contributed by atoms with van der Waals surface area (Å²) in [4.78, 5) is 28.5. The molecule has 2 amide bonds. The third-order valence-corrected chi connectivity index (χ3v) is 4.51. The molecule has 1 atom stereocenters. The van der Waals surface area contributed by atoms with Gasteiger partial charge in [-0.15, -0.1) is 0 Å². The molecule has 0 spiro atoms. The summed E-state index contributed by atoms with van der Waals surface area (Å²) >= 11 is 6.18. The van der Waals surface area contributed by atoms with Gasteiger partial charge in [0.15, 0.2) is 0 Å². The number of anilines is 1. The van der Waals surface area contributed by atoms with Crippen molar-refractivity contribution >= 4 is 29.1 Å². The number of nitrogens with zero attached hydrogens (tertiary/aromatic N) is 4. The molecule has 0 saturated carbocycles. The maximum Gasteiger partial charge on any atom is 0.247 e. The van der Waals surface area contributed by atoms with E-state index in [0.29, 0.717) is 30.2 Å². The average molecular weight is 347 g/mol. The van der Waals surface area contributed by atoms with Gasteiger partial charge in [0.1, 0.15) is 12.6 Å². The van der Waals surface area contributed by atoms with Gasteiger partial charge in [-0.3, -0.25) is 14.3 Å². The van der Waals surface area contributed by atoms with Crippen molar-refractivity contribution in [3.05, 3.63) is 47.7 Å². The van der Waals surface area contributed by atoms with Crippen LogP contribution in [-0.4, -0.2) is 46.1 Å². The second-order valence-corrected chi connectivity index (χ2v) is 6.07. The smallest absolute Gasteiger partial charge is 0.247 e. The lowest BCUT2D eigenvalue weighted by Crippen LogP contribution is -2.54. The Bertz CT molecular complexity index is 732. The maximum absolute atomic E-state index is 12.8. The zero-order valence-electron chi connectivity index (χ0n) is 13.4. The normalized spacial score (nSPS) is 16.3. The zero-order valence-corrected chi connectivity index (χ0v) is 14.2. The van der Waals surface area contributed by atoms with Crippen LogP contribution in [0.5, 0.6) is 0 Å². The Labute approximate surface area is 145 Å². The van der Waals surface area contributed by atoms with Gasteiger partial charge in [-0.2, -0.15) is 5.10 Å². The van der Waals surface area contributed by atoms with Gasteiger partial charge in [-0.1, -0.05) is 30.7 Å². The highest BCUT2D eigenvalue weighted by Crippen LogP contribution is 2.27. The second-order valence-electron chi connectivity index (χ2n) is 5.67. The monoisotopic (exact) mass is 346 g/mol. The van der Waals surface area contributed by atoms with Crippen LogP contribution in [0.2, 0.25) is 5.02 Å². The minimum Gasteiger partial charge on any atom is -0.330 e. The molecule has 0 unspecified atom stereocenters. The predicted molar refractivity (Wildman–Crippen MR) is 91.9 cm³/mol. The minimum absolute atomic E-state index is 0.0574. The highest BCUT2D eigenvalue weighted by atomic mass is 35.5. The number of piperazine rings is 1. The van der Waals surface area contributed by atoms with Gasteiger partial charge in [0.05, 0.1) is 10.7 Å². The van der Waals surface area contributed by atoms with Crippen LogP contribution in [0.3, 0.4) is 0 Å². The molecule has 1 aromatic heterocycles. The number of amides is 2. The molecular weight excluding hydrogens is 328 g/mol. The lowest BCUT2D eigenvalue weighted by atomic mass is 10.1. The lowest BCUT2D eigenvalue weighted by Gasteiger charge is -2.36. The Hall–Kier alpha value is -2.34. The van der Waals surface area contributed by atoms with Crippen LogP contribution < -0.4 is 4.90 Å². The van der Waals surface area contributed by atoms with Gasteiger partial charge in [-0.05, 0) is 24.6 Å². The Morgan fingerprint density at radius 3 is 2.71 bits per heavy atom. The average Bonchev–Trinajstić information content (AvgIpc) is 3.10. The van der Waals surface area contributed by atoms with Crippen LogP contribution in [0.1, 0.15) is 19.4 Å². The van der Waals surface area contributed by atoms with Crippen molar-refractivity contribution in [2.45, 2.75) is 19.4 Å². The molecule has 1 aliphatic heterocycles. The Kier molecular flexibility index (Phi) is 4.85. The van der Waals surface area contributed by atoms with E-state index in [9.17, 15) is 9.59 Å². The fraction of sp³-hybridized carbons (Fsp3) is 0.353. The molecule has 126 valence electrons. The quantitative estimate of drug-likeness (QED) is 0.854. The first-order valence-electron chi connectivity index (χ1n) is 7.94. The molecule has 0 radical (unpaired) electrons. The van der Waals surface area contributed by atoms with Crippen LogP contribution in [0.25, 0.3) is 0 Å². The summed E-state index contributed by atoms with van der Waals surface area (Å²) in [6.45, 7) is 2.91. The third-order valence-electron chi connectivity index (χ3n) is 4.19. The van der Waals surface area contributed by atoms with Crippen molar-refractivity contribution in [3.63, 3.8) is 0 Å². The first-order valence-corrected chi connectivity index (χ1v) is 8.32. The van der Waals surface area contributed by atoms with Crippen molar-refractivity contribution < 1.29 is 9.59 Å². The molecule has 2 aromatic rings. The van der Waals surface area contributed by atoms with Crippen molar-refractivity contribution in [1.29, 1.82) is 0 Å². The van der Waals surface area contributed by atoms with Gasteiger partial charge in [-0.25, -0.2) is 0 Å². The lowest BCUT2D eigenvalue weighted by molar-refractivity contribution is -0.140. The molecule has 1 saturated heterocycles. The summed E-state index contributed by atoms with van der Waals surface area (Å²) in [5.41, 5.74) is 0.690. The number of halogens is 1. The topological polar surface area (TPSA) is 58.4 Å². The zero-order chi connectivity index (χ0) is 17.1. The summed E-state index contributed by atoms with van der Waals surface area (Å²) in [7, 11) is 0. The van der Waals surface area contributed by atoms with E-state index in [4.69, 9.17) is 11.6 Å². The van der Waals surface area contributed by atoms with E-state index >= 15 is 0 Å². The van der Waals surface area contributed by atoms with Crippen LogP contribution >= 0.6 is 11.6 Å². The molecule has 6 nitrogen and oxygen atoms in total. The molecule has 24 heavy (non-hydrogen) atoms. The molecule has 0 bridgehead atoms. The molecule has 1 aliphatic rings. The summed E-state index contributed by atoms with van der Waals surface area (Å²) in [6, 6.07) is 8.65. The number of benzene rings is 1. The molecule has 3 rings (SSSR count). The number of rotatable bonds is 4. The van der Waals surface area contributed by atoms with E-state index < -0.39 is 0 Å². The van der Waals surface area contributed by atoms with E-state index in [0.717, 1.165) is 0 Å². The third kappa shape index (κ3) is 3.14. The van der Waals surface area contributed by atoms with Gasteiger partial charge in [0.25, 0.3) is 0 Å². The van der Waals surface area contributed by atoms with Gasteiger partial charge < -0.3 is 9.80 Å². The second kappa shape index (κ2) is 7.05. The number of aromatic nitrogens is 2. The highest BCUT2D eigenvalue weighted by molar-refractivity contribution is 6.33. The van der Waals surface area contributed by atoms with Gasteiger partial charge in [0, 0.05) is 25.5 Å². The van der Waals surface area contributed by atoms with E-state index in [1.54, 1.807) is 39.0 Å².